The van der Waals surface area contributed by atoms with Gasteiger partial charge in [0.15, 0.2) is 18.9 Å². The van der Waals surface area contributed by atoms with Crippen LogP contribution in [0.1, 0.15) is 253 Å². The minimum atomic E-state index is -3.59. The number of aliphatic hydroxyl groups is 16. The van der Waals surface area contributed by atoms with Gasteiger partial charge < -0.3 is 161 Å². The Bertz CT molecular complexity index is 3020. The zero-order valence-electron chi connectivity index (χ0n) is 71.8. The first-order valence-electron chi connectivity index (χ1n) is 44.4. The molecule has 5 rings (SSSR count). The molecule has 0 radical (unpaired) electrons. The first-order chi connectivity index (χ1) is 58.3. The smallest absolute Gasteiger partial charge is 0.364 e. The fourth-order valence-electron chi connectivity index (χ4n) is 16.2. The van der Waals surface area contributed by atoms with E-state index in [-0.39, 0.29) is 6.42 Å². The van der Waals surface area contributed by atoms with Crippen molar-refractivity contribution in [2.75, 3.05) is 39.6 Å². The lowest BCUT2D eigenvalue weighted by Gasteiger charge is -2.52. The maximum absolute atomic E-state index is 14.2. The summed E-state index contributed by atoms with van der Waals surface area (Å²) >= 11 is 0. The number of rotatable bonds is 61. The van der Waals surface area contributed by atoms with Crippen molar-refractivity contribution in [3.8, 4) is 0 Å². The van der Waals surface area contributed by atoms with E-state index in [0.29, 0.717) is 12.8 Å². The zero-order valence-corrected chi connectivity index (χ0v) is 71.8. The largest absolute Gasteiger partial charge is 0.477 e. The van der Waals surface area contributed by atoms with Crippen LogP contribution in [0.5, 0.6) is 0 Å². The number of unbranched alkanes of at least 4 members (excludes halogenated alkanes) is 28. The molecule has 38 heteroatoms. The number of allylic oxidation sites excluding steroid dienone is 3. The van der Waals surface area contributed by atoms with Crippen molar-refractivity contribution in [3.05, 3.63) is 24.3 Å². The first-order valence-corrected chi connectivity index (χ1v) is 44.4. The van der Waals surface area contributed by atoms with Crippen LogP contribution in [0.3, 0.4) is 0 Å². The van der Waals surface area contributed by atoms with Crippen LogP contribution >= 0.6 is 0 Å². The predicted octanol–water partition coefficient (Wildman–Crippen LogP) is 0.424. The second-order valence-electron chi connectivity index (χ2n) is 33.2. The Morgan fingerprint density at radius 1 is 0.443 bits per heavy atom. The van der Waals surface area contributed by atoms with Crippen LogP contribution in [-0.4, -0.2) is 344 Å². The summed E-state index contributed by atoms with van der Waals surface area (Å²) < 4.78 is 60.0. The van der Waals surface area contributed by atoms with Gasteiger partial charge in [0, 0.05) is 40.0 Å². The molecule has 0 bridgehead atoms. The molecule has 0 aromatic rings. The molecule has 0 saturated carbocycles. The SMILES string of the molecule is CCCCCCCCC=CCCCCCCCCCCCCCC(=O)NC(COC1OC(CO)C(OC2OC(CO)C(OC3OC(CO)C(O)C(O)C3NC(C)=O)C(OC3(C(=O)O)CC(O)C(NC(C)=O)C(C(O)C(CO)OC4(C(=O)O)CC(O)C(NC(C)=O)C(C(O)C(O)CO)O4)O3)C2O)C(O)C1O)C(O)C=CCCCCCCCCCCCCC. The molecule has 29 unspecified atom stereocenters. The Hall–Kier alpha value is -4.74. The van der Waals surface area contributed by atoms with Crippen molar-refractivity contribution >= 4 is 35.6 Å². The number of carbonyl (C=O) groups is 6. The molecule has 708 valence electrons. The lowest BCUT2D eigenvalue weighted by molar-refractivity contribution is -0.402. The number of carbonyl (C=O) groups excluding carboxylic acids is 4. The van der Waals surface area contributed by atoms with E-state index < -0.39 is 265 Å². The van der Waals surface area contributed by atoms with Gasteiger partial charge in [-0.15, -0.1) is 0 Å². The van der Waals surface area contributed by atoms with Crippen molar-refractivity contribution in [2.45, 2.75) is 430 Å². The van der Waals surface area contributed by atoms with E-state index in [0.717, 1.165) is 97.8 Å². The molecule has 5 heterocycles. The van der Waals surface area contributed by atoms with Gasteiger partial charge in [0.2, 0.25) is 23.6 Å². The number of aliphatic hydroxyl groups excluding tert-OH is 16. The maximum atomic E-state index is 14.2. The molecule has 38 nitrogen and oxygen atoms in total. The summed E-state index contributed by atoms with van der Waals surface area (Å²) in [6.07, 6.45) is -10.0. The summed E-state index contributed by atoms with van der Waals surface area (Å²) in [5.41, 5.74) is 0. The molecular formula is C84H148N4O34. The molecule has 5 fully saturated rings. The van der Waals surface area contributed by atoms with Gasteiger partial charge in [0.1, 0.15) is 110 Å². The molecule has 5 saturated heterocycles. The van der Waals surface area contributed by atoms with E-state index in [1.165, 1.54) is 115 Å². The number of ether oxygens (including phenoxy) is 10. The van der Waals surface area contributed by atoms with Crippen LogP contribution < -0.4 is 21.3 Å². The van der Waals surface area contributed by atoms with Crippen molar-refractivity contribution in [1.29, 1.82) is 0 Å². The number of carboxylic acids is 2. The molecule has 0 aromatic heterocycles. The van der Waals surface area contributed by atoms with Crippen molar-refractivity contribution in [1.82, 2.24) is 21.3 Å². The third-order valence-corrected chi connectivity index (χ3v) is 23.1. The topological polar surface area (TPSA) is 607 Å². The van der Waals surface area contributed by atoms with Crippen molar-refractivity contribution in [2.24, 2.45) is 0 Å². The van der Waals surface area contributed by atoms with Crippen LogP contribution in [0.2, 0.25) is 0 Å². The second-order valence-corrected chi connectivity index (χ2v) is 33.2. The van der Waals surface area contributed by atoms with Gasteiger partial charge in [-0.1, -0.05) is 192 Å². The van der Waals surface area contributed by atoms with Gasteiger partial charge in [0.25, 0.3) is 11.6 Å². The minimum absolute atomic E-state index is 0.109. The lowest BCUT2D eigenvalue weighted by Crippen LogP contribution is -2.72. The molecule has 0 aromatic carbocycles. The van der Waals surface area contributed by atoms with Gasteiger partial charge in [-0.05, 0) is 44.9 Å². The molecular weight excluding hydrogens is 1610 g/mol. The van der Waals surface area contributed by atoms with Gasteiger partial charge in [-0.2, -0.15) is 0 Å². The van der Waals surface area contributed by atoms with Crippen molar-refractivity contribution < 1.29 is 168 Å². The van der Waals surface area contributed by atoms with Crippen LogP contribution in [0, 0.1) is 0 Å². The van der Waals surface area contributed by atoms with Crippen molar-refractivity contribution in [3.63, 3.8) is 0 Å². The molecule has 4 amide bonds. The quantitative estimate of drug-likeness (QED) is 0.0290. The highest BCUT2D eigenvalue weighted by Crippen LogP contribution is 2.43. The number of carboxylic acid groups (broad SMARTS) is 2. The summed E-state index contributed by atoms with van der Waals surface area (Å²) in [6, 6.07) is -6.83. The number of aliphatic carboxylic acids is 2. The standard InChI is InChI=1S/C84H148N4O34/c1-6-8-10-12-14-16-18-20-21-22-23-24-25-26-27-29-31-33-35-37-39-41-62(101)88-53(54(97)40-38-36-34-32-30-28-19-17-15-13-11-9-7-2)49-113-79-71(107)70(106)73(60(47-92)115-79)117-80-72(108)77(74(61(48-93)116-80)118-78-65(87-52(5)96)69(105)67(103)58(45-90)114-78)122-84(82(111)112)43-56(99)64(86-51(4)95)76(121-84)68(104)59(46-91)119-83(81(109)110)42-55(98)63(85-50(3)94)75(120-83)66(102)57(100)44-89/h20-21,38,40,53-61,63-80,89-93,97-100,102-108H,6-19,22-37,39,41-49H2,1-5H3,(H,85,94)(H,86,95)(H,87,96)(H,88,101)(H,109,110)(H,111,112). The van der Waals surface area contributed by atoms with E-state index in [2.05, 4.69) is 47.3 Å². The van der Waals surface area contributed by atoms with Crippen LogP contribution in [0.4, 0.5) is 0 Å². The summed E-state index contributed by atoms with van der Waals surface area (Å²) in [4.78, 5) is 79.2. The van der Waals surface area contributed by atoms with Crippen LogP contribution in [-0.2, 0) is 76.1 Å². The average Bonchev–Trinajstić information content (AvgIpc) is 0.745. The summed E-state index contributed by atoms with van der Waals surface area (Å²) in [5, 5.41) is 213. The molecule has 5 aliphatic rings. The number of hydrogen-bond acceptors (Lipinski definition) is 32. The third kappa shape index (κ3) is 34.0. The monoisotopic (exact) mass is 1760 g/mol. The van der Waals surface area contributed by atoms with E-state index in [1.54, 1.807) is 6.08 Å². The Labute approximate surface area is 715 Å². The fraction of sp³-hybridized carbons (Fsp3) is 0.881. The highest BCUT2D eigenvalue weighted by molar-refractivity contribution is 5.78. The van der Waals surface area contributed by atoms with Crippen LogP contribution in [0.25, 0.3) is 0 Å². The second kappa shape index (κ2) is 57.2. The molecule has 22 N–H and O–H groups in total. The number of hydrogen-bond donors (Lipinski definition) is 22. The van der Waals surface area contributed by atoms with E-state index in [1.807, 2.05) is 0 Å². The molecule has 0 aliphatic carbocycles. The Morgan fingerprint density at radius 2 is 0.861 bits per heavy atom. The molecule has 5 aliphatic heterocycles. The zero-order chi connectivity index (χ0) is 90.1. The third-order valence-electron chi connectivity index (χ3n) is 23.1. The summed E-state index contributed by atoms with van der Waals surface area (Å²) in [5.74, 6) is -14.6. The van der Waals surface area contributed by atoms with E-state index in [4.69, 9.17) is 47.4 Å². The summed E-state index contributed by atoms with van der Waals surface area (Å²) in [6.45, 7) is 0.536. The van der Waals surface area contributed by atoms with Gasteiger partial charge in [-0.25, -0.2) is 9.59 Å². The Morgan fingerprint density at radius 3 is 1.33 bits per heavy atom. The fourth-order valence-corrected chi connectivity index (χ4v) is 16.2. The van der Waals surface area contributed by atoms with E-state index >= 15 is 0 Å². The highest BCUT2D eigenvalue weighted by atomic mass is 16.8. The predicted molar refractivity (Wildman–Crippen MR) is 435 cm³/mol. The lowest BCUT2D eigenvalue weighted by atomic mass is 9.87. The van der Waals surface area contributed by atoms with Gasteiger partial charge >= 0.3 is 11.9 Å². The minimum Gasteiger partial charge on any atom is -0.477 e. The normalized spacial score (nSPS) is 32.3. The molecule has 122 heavy (non-hydrogen) atoms. The maximum Gasteiger partial charge on any atom is 0.364 e. The molecule has 29 atom stereocenters. The van der Waals surface area contributed by atoms with E-state index in [9.17, 15) is 121 Å². The molecule has 0 spiro atoms. The van der Waals surface area contributed by atoms with Gasteiger partial charge in [-0.3, -0.25) is 19.2 Å². The van der Waals surface area contributed by atoms with Crippen LogP contribution in [0.15, 0.2) is 24.3 Å². The number of nitrogens with one attached hydrogen (secondary N) is 4. The number of amides is 4. The Kier molecular flexibility index (Phi) is 50.6. The van der Waals surface area contributed by atoms with Gasteiger partial charge in [0.05, 0.1) is 76.1 Å². The summed E-state index contributed by atoms with van der Waals surface area (Å²) in [7, 11) is 0. The highest BCUT2D eigenvalue weighted by Gasteiger charge is 2.64. The Balaban J connectivity index is 1.39. The average molecular weight is 1760 g/mol. The first kappa shape index (κ1) is 108.